The Morgan fingerprint density at radius 3 is 2.42 bits per heavy atom. The number of ether oxygens (including phenoxy) is 1. The normalized spacial score (nSPS) is 15.3. The average molecular weight is 389 g/mol. The van der Waals surface area contributed by atoms with E-state index in [1.165, 1.54) is 18.2 Å². The molecule has 0 aliphatic carbocycles. The minimum absolute atomic E-state index is 0.00374. The van der Waals surface area contributed by atoms with Crippen LogP contribution in [0.1, 0.15) is 0 Å². The third-order valence-corrected chi connectivity index (χ3v) is 5.52. The predicted octanol–water partition coefficient (Wildman–Crippen LogP) is 2.42. The van der Waals surface area contributed by atoms with Gasteiger partial charge in [0.1, 0.15) is 0 Å². The lowest BCUT2D eigenvalue weighted by molar-refractivity contribution is 0.122. The van der Waals surface area contributed by atoms with Crippen molar-refractivity contribution in [2.24, 2.45) is 0 Å². The number of anilines is 2. The highest BCUT2D eigenvalue weighted by Crippen LogP contribution is 2.25. The number of benzene rings is 1. The number of morpholine rings is 1. The fourth-order valence-electron chi connectivity index (χ4n) is 2.18. The van der Waals surface area contributed by atoms with Crippen LogP contribution in [0, 0.1) is 0 Å². The zero-order chi connectivity index (χ0) is 17.2. The molecular weight excluding hydrogens is 375 g/mol. The summed E-state index contributed by atoms with van der Waals surface area (Å²) in [5.41, 5.74) is 0. The second-order valence-corrected chi connectivity index (χ2v) is 7.55. The number of aromatic nitrogens is 2. The fraction of sp³-hybridized carbons (Fsp3) is 0.286. The Balaban J connectivity index is 1.76. The van der Waals surface area contributed by atoms with E-state index in [0.717, 1.165) is 13.1 Å². The van der Waals surface area contributed by atoms with Crippen molar-refractivity contribution in [2.45, 2.75) is 4.90 Å². The molecule has 1 aliphatic heterocycles. The topological polar surface area (TPSA) is 84.4 Å². The standard InChI is InChI=1S/C14H14Cl2N4O3S/c15-11-2-1-10(9-12(11)16)24(21,22)19-13-3-4-14(18-17-13)20-5-7-23-8-6-20/h1-4,9H,5-8H2,(H,17,19). The maximum absolute atomic E-state index is 12.3. The maximum Gasteiger partial charge on any atom is 0.263 e. The molecule has 1 saturated heterocycles. The molecule has 0 bridgehead atoms. The third kappa shape index (κ3) is 3.89. The molecule has 1 aromatic heterocycles. The average Bonchev–Trinajstić information content (AvgIpc) is 2.58. The molecule has 0 radical (unpaired) electrons. The van der Waals surface area contributed by atoms with Gasteiger partial charge in [0.2, 0.25) is 0 Å². The molecule has 1 aliphatic rings. The van der Waals surface area contributed by atoms with Gasteiger partial charge in [0.15, 0.2) is 11.6 Å². The number of rotatable bonds is 4. The quantitative estimate of drug-likeness (QED) is 0.865. The van der Waals surface area contributed by atoms with Crippen LogP contribution < -0.4 is 9.62 Å². The first-order valence-electron chi connectivity index (χ1n) is 7.10. The number of nitrogens with zero attached hydrogens (tertiary/aromatic N) is 3. The van der Waals surface area contributed by atoms with Gasteiger partial charge in [-0.15, -0.1) is 10.2 Å². The second kappa shape index (κ2) is 7.10. The van der Waals surface area contributed by atoms with E-state index in [0.29, 0.717) is 19.0 Å². The smallest absolute Gasteiger partial charge is 0.263 e. The van der Waals surface area contributed by atoms with Crippen LogP contribution in [0.3, 0.4) is 0 Å². The highest BCUT2D eigenvalue weighted by Gasteiger charge is 2.18. The summed E-state index contributed by atoms with van der Waals surface area (Å²) in [6.45, 7) is 2.72. The summed E-state index contributed by atoms with van der Waals surface area (Å²) in [6, 6.07) is 7.34. The zero-order valence-electron chi connectivity index (χ0n) is 12.4. The van der Waals surface area contributed by atoms with Gasteiger partial charge in [-0.1, -0.05) is 23.2 Å². The Hall–Kier alpha value is -1.61. The molecule has 2 heterocycles. The van der Waals surface area contributed by atoms with Gasteiger partial charge in [0.25, 0.3) is 10.0 Å². The molecule has 0 unspecified atom stereocenters. The van der Waals surface area contributed by atoms with Gasteiger partial charge in [-0.3, -0.25) is 4.72 Å². The van der Waals surface area contributed by atoms with Crippen LogP contribution in [0.25, 0.3) is 0 Å². The number of hydrogen-bond donors (Lipinski definition) is 1. The molecule has 1 fully saturated rings. The molecule has 10 heteroatoms. The molecule has 0 saturated carbocycles. The molecule has 1 N–H and O–H groups in total. The molecule has 2 aromatic rings. The monoisotopic (exact) mass is 388 g/mol. The molecule has 0 atom stereocenters. The van der Waals surface area contributed by atoms with Crippen molar-refractivity contribution >= 4 is 44.9 Å². The summed E-state index contributed by atoms with van der Waals surface area (Å²) < 4.78 is 32.3. The van der Waals surface area contributed by atoms with Gasteiger partial charge >= 0.3 is 0 Å². The summed E-state index contributed by atoms with van der Waals surface area (Å²) in [6.07, 6.45) is 0. The van der Waals surface area contributed by atoms with E-state index in [4.69, 9.17) is 27.9 Å². The third-order valence-electron chi connectivity index (χ3n) is 3.43. The van der Waals surface area contributed by atoms with Crippen molar-refractivity contribution < 1.29 is 13.2 Å². The van der Waals surface area contributed by atoms with Crippen LogP contribution in [0.5, 0.6) is 0 Å². The minimum Gasteiger partial charge on any atom is -0.378 e. The first-order chi connectivity index (χ1) is 11.5. The Bertz CT molecular complexity index is 824. The van der Waals surface area contributed by atoms with Crippen LogP contribution in [-0.4, -0.2) is 44.9 Å². The highest BCUT2D eigenvalue weighted by atomic mass is 35.5. The summed E-state index contributed by atoms with van der Waals surface area (Å²) in [7, 11) is -3.82. The Labute approximate surface area is 149 Å². The summed E-state index contributed by atoms with van der Waals surface area (Å²) in [5, 5.41) is 8.42. The number of hydrogen-bond acceptors (Lipinski definition) is 6. The number of nitrogens with one attached hydrogen (secondary N) is 1. The van der Waals surface area contributed by atoms with Crippen LogP contribution in [0.2, 0.25) is 10.0 Å². The Kier molecular flexibility index (Phi) is 5.09. The van der Waals surface area contributed by atoms with Crippen molar-refractivity contribution in [3.63, 3.8) is 0 Å². The predicted molar refractivity (Wildman–Crippen MR) is 92.3 cm³/mol. The van der Waals surface area contributed by atoms with Crippen molar-refractivity contribution in [1.82, 2.24) is 10.2 Å². The van der Waals surface area contributed by atoms with E-state index in [2.05, 4.69) is 14.9 Å². The molecule has 7 nitrogen and oxygen atoms in total. The fourth-order valence-corrected chi connectivity index (χ4v) is 3.57. The van der Waals surface area contributed by atoms with Crippen molar-refractivity contribution in [1.29, 1.82) is 0 Å². The van der Waals surface area contributed by atoms with Crippen LogP contribution in [-0.2, 0) is 14.8 Å². The van der Waals surface area contributed by atoms with Gasteiger partial charge < -0.3 is 9.64 Å². The lowest BCUT2D eigenvalue weighted by Crippen LogP contribution is -2.36. The molecule has 24 heavy (non-hydrogen) atoms. The maximum atomic E-state index is 12.3. The van der Waals surface area contributed by atoms with Gasteiger partial charge in [-0.05, 0) is 30.3 Å². The molecule has 128 valence electrons. The first-order valence-corrected chi connectivity index (χ1v) is 9.34. The van der Waals surface area contributed by atoms with Crippen LogP contribution in [0.15, 0.2) is 35.2 Å². The second-order valence-electron chi connectivity index (χ2n) is 5.06. The van der Waals surface area contributed by atoms with E-state index in [-0.39, 0.29) is 20.8 Å². The molecule has 3 rings (SSSR count). The van der Waals surface area contributed by atoms with E-state index in [1.54, 1.807) is 12.1 Å². The van der Waals surface area contributed by atoms with Gasteiger partial charge in [0, 0.05) is 13.1 Å². The van der Waals surface area contributed by atoms with Crippen molar-refractivity contribution in [3.8, 4) is 0 Å². The minimum atomic E-state index is -3.82. The zero-order valence-corrected chi connectivity index (χ0v) is 14.8. The summed E-state index contributed by atoms with van der Waals surface area (Å²) >= 11 is 11.7. The molecule has 0 spiro atoms. The van der Waals surface area contributed by atoms with Crippen LogP contribution >= 0.6 is 23.2 Å². The number of halogens is 2. The first kappa shape index (κ1) is 17.2. The van der Waals surface area contributed by atoms with E-state index >= 15 is 0 Å². The summed E-state index contributed by atoms with van der Waals surface area (Å²) in [4.78, 5) is 2.02. The Morgan fingerprint density at radius 2 is 1.79 bits per heavy atom. The lowest BCUT2D eigenvalue weighted by atomic mass is 10.4. The molecule has 1 aromatic carbocycles. The van der Waals surface area contributed by atoms with E-state index < -0.39 is 10.0 Å². The van der Waals surface area contributed by atoms with Gasteiger partial charge in [-0.2, -0.15) is 0 Å². The van der Waals surface area contributed by atoms with Crippen LogP contribution in [0.4, 0.5) is 11.6 Å². The van der Waals surface area contributed by atoms with Gasteiger partial charge in [0.05, 0.1) is 28.2 Å². The number of sulfonamides is 1. The largest absolute Gasteiger partial charge is 0.378 e. The van der Waals surface area contributed by atoms with E-state index in [1.807, 2.05) is 4.90 Å². The lowest BCUT2D eigenvalue weighted by Gasteiger charge is -2.27. The van der Waals surface area contributed by atoms with Crippen molar-refractivity contribution in [3.05, 3.63) is 40.4 Å². The summed E-state index contributed by atoms with van der Waals surface area (Å²) in [5.74, 6) is 0.800. The molecule has 0 amide bonds. The van der Waals surface area contributed by atoms with Crippen molar-refractivity contribution in [2.75, 3.05) is 35.9 Å². The van der Waals surface area contributed by atoms with Gasteiger partial charge in [-0.25, -0.2) is 8.42 Å². The Morgan fingerprint density at radius 1 is 1.04 bits per heavy atom. The van der Waals surface area contributed by atoms with E-state index in [9.17, 15) is 8.42 Å². The molecular formula is C14H14Cl2N4O3S. The highest BCUT2D eigenvalue weighted by molar-refractivity contribution is 7.92. The SMILES string of the molecule is O=S(=O)(Nc1ccc(N2CCOCC2)nn1)c1ccc(Cl)c(Cl)c1.